The highest BCUT2D eigenvalue weighted by molar-refractivity contribution is 9.10. The van der Waals surface area contributed by atoms with E-state index >= 15 is 0 Å². The van der Waals surface area contributed by atoms with Crippen molar-refractivity contribution in [3.63, 3.8) is 0 Å². The molecule has 1 aromatic heterocycles. The number of nitrogens with one attached hydrogen (secondary N) is 1. The van der Waals surface area contributed by atoms with Gasteiger partial charge in [-0.3, -0.25) is 0 Å². The van der Waals surface area contributed by atoms with E-state index in [2.05, 4.69) is 39.2 Å². The molecular weight excluding hydrogens is 316 g/mol. The number of pyridine rings is 1. The number of hydrogen-bond donors (Lipinski definition) is 1. The first-order valence-electron chi connectivity index (χ1n) is 6.73. The van der Waals surface area contributed by atoms with Gasteiger partial charge in [-0.2, -0.15) is 0 Å². The summed E-state index contributed by atoms with van der Waals surface area (Å²) in [6, 6.07) is 12.1. The van der Waals surface area contributed by atoms with Crippen LogP contribution in [-0.2, 0) is 13.2 Å². The summed E-state index contributed by atoms with van der Waals surface area (Å²) in [4.78, 5) is 4.49. The van der Waals surface area contributed by atoms with Gasteiger partial charge in [0, 0.05) is 22.8 Å². The van der Waals surface area contributed by atoms with Gasteiger partial charge >= 0.3 is 0 Å². The monoisotopic (exact) mass is 334 g/mol. The standard InChI is InChI=1S/C16H19BrN2O/c1-3-18-10-14-6-9-16(19-12(14)2)20-11-13-4-7-15(17)8-5-13/h4-9,18H,3,10-11H2,1-2H3. The number of halogens is 1. The third-order valence-corrected chi connectivity index (χ3v) is 3.56. The van der Waals surface area contributed by atoms with Crippen LogP contribution in [0.3, 0.4) is 0 Å². The average Bonchev–Trinajstić information content (AvgIpc) is 2.46. The number of aryl methyl sites for hydroxylation is 1. The predicted molar refractivity (Wildman–Crippen MR) is 84.8 cm³/mol. The van der Waals surface area contributed by atoms with Gasteiger partial charge in [-0.05, 0) is 36.7 Å². The van der Waals surface area contributed by atoms with Crippen molar-refractivity contribution in [2.24, 2.45) is 0 Å². The van der Waals surface area contributed by atoms with E-state index in [9.17, 15) is 0 Å². The molecule has 1 aromatic carbocycles. The van der Waals surface area contributed by atoms with Gasteiger partial charge in [0.15, 0.2) is 0 Å². The van der Waals surface area contributed by atoms with Crippen molar-refractivity contribution in [1.82, 2.24) is 10.3 Å². The summed E-state index contributed by atoms with van der Waals surface area (Å²) >= 11 is 3.42. The first-order chi connectivity index (χ1) is 9.69. The molecule has 1 heterocycles. The van der Waals surface area contributed by atoms with E-state index < -0.39 is 0 Å². The topological polar surface area (TPSA) is 34.1 Å². The van der Waals surface area contributed by atoms with E-state index in [0.29, 0.717) is 12.5 Å². The quantitative estimate of drug-likeness (QED) is 0.871. The van der Waals surface area contributed by atoms with Crippen molar-refractivity contribution in [2.75, 3.05) is 6.54 Å². The second-order valence-corrected chi connectivity index (χ2v) is 5.51. The largest absolute Gasteiger partial charge is 0.473 e. The third kappa shape index (κ3) is 4.32. The minimum atomic E-state index is 0.534. The van der Waals surface area contributed by atoms with Gasteiger partial charge in [-0.1, -0.05) is 41.1 Å². The number of benzene rings is 1. The fraction of sp³-hybridized carbons (Fsp3) is 0.312. The Morgan fingerprint density at radius 3 is 2.55 bits per heavy atom. The molecule has 2 aromatic rings. The maximum absolute atomic E-state index is 5.73. The van der Waals surface area contributed by atoms with Crippen molar-refractivity contribution >= 4 is 15.9 Å². The lowest BCUT2D eigenvalue weighted by Gasteiger charge is -2.09. The second-order valence-electron chi connectivity index (χ2n) is 4.59. The zero-order chi connectivity index (χ0) is 14.4. The van der Waals surface area contributed by atoms with Crippen LogP contribution in [-0.4, -0.2) is 11.5 Å². The summed E-state index contributed by atoms with van der Waals surface area (Å²) in [6.07, 6.45) is 0. The number of nitrogens with zero attached hydrogens (tertiary/aromatic N) is 1. The fourth-order valence-corrected chi connectivity index (χ4v) is 2.10. The Labute approximate surface area is 128 Å². The lowest BCUT2D eigenvalue weighted by atomic mass is 10.2. The van der Waals surface area contributed by atoms with Crippen LogP contribution in [0.4, 0.5) is 0 Å². The molecule has 0 fully saturated rings. The highest BCUT2D eigenvalue weighted by Crippen LogP contribution is 2.15. The van der Waals surface area contributed by atoms with E-state index in [0.717, 1.165) is 28.8 Å². The molecule has 0 bridgehead atoms. The van der Waals surface area contributed by atoms with Gasteiger partial charge in [0.25, 0.3) is 0 Å². The molecule has 0 saturated carbocycles. The van der Waals surface area contributed by atoms with E-state index in [1.165, 1.54) is 5.56 Å². The zero-order valence-corrected chi connectivity index (χ0v) is 13.4. The van der Waals surface area contributed by atoms with Gasteiger partial charge in [0.1, 0.15) is 6.61 Å². The van der Waals surface area contributed by atoms with E-state index in [4.69, 9.17) is 4.74 Å². The molecule has 3 nitrogen and oxygen atoms in total. The average molecular weight is 335 g/mol. The molecule has 0 amide bonds. The first-order valence-corrected chi connectivity index (χ1v) is 7.53. The van der Waals surface area contributed by atoms with Gasteiger partial charge < -0.3 is 10.1 Å². The molecular formula is C16H19BrN2O. The van der Waals surface area contributed by atoms with Gasteiger partial charge in [-0.15, -0.1) is 0 Å². The van der Waals surface area contributed by atoms with Crippen LogP contribution in [0.5, 0.6) is 5.88 Å². The molecule has 4 heteroatoms. The van der Waals surface area contributed by atoms with Crippen LogP contribution in [0.2, 0.25) is 0 Å². The number of aromatic nitrogens is 1. The Morgan fingerprint density at radius 2 is 1.90 bits per heavy atom. The normalized spacial score (nSPS) is 10.6. The first kappa shape index (κ1) is 15.0. The Morgan fingerprint density at radius 1 is 1.15 bits per heavy atom. The molecule has 20 heavy (non-hydrogen) atoms. The second kappa shape index (κ2) is 7.41. The van der Waals surface area contributed by atoms with Gasteiger partial charge in [0.05, 0.1) is 0 Å². The fourth-order valence-electron chi connectivity index (χ4n) is 1.83. The van der Waals surface area contributed by atoms with E-state index in [1.807, 2.05) is 37.3 Å². The zero-order valence-electron chi connectivity index (χ0n) is 11.8. The smallest absolute Gasteiger partial charge is 0.213 e. The number of rotatable bonds is 6. The molecule has 0 aliphatic carbocycles. The Kier molecular flexibility index (Phi) is 5.56. The molecule has 1 N–H and O–H groups in total. The maximum Gasteiger partial charge on any atom is 0.213 e. The van der Waals surface area contributed by atoms with E-state index in [1.54, 1.807) is 0 Å². The highest BCUT2D eigenvalue weighted by Gasteiger charge is 2.03. The molecule has 0 saturated heterocycles. The molecule has 106 valence electrons. The van der Waals surface area contributed by atoms with E-state index in [-0.39, 0.29) is 0 Å². The molecule has 0 aliphatic rings. The molecule has 0 spiro atoms. The minimum absolute atomic E-state index is 0.534. The lowest BCUT2D eigenvalue weighted by molar-refractivity contribution is 0.293. The van der Waals surface area contributed by atoms with Crippen LogP contribution in [0.25, 0.3) is 0 Å². The predicted octanol–water partition coefficient (Wildman–Crippen LogP) is 3.84. The molecule has 0 unspecified atom stereocenters. The van der Waals surface area contributed by atoms with Crippen molar-refractivity contribution in [3.8, 4) is 5.88 Å². The van der Waals surface area contributed by atoms with Gasteiger partial charge in [0.2, 0.25) is 5.88 Å². The summed E-state index contributed by atoms with van der Waals surface area (Å²) in [7, 11) is 0. The lowest BCUT2D eigenvalue weighted by Crippen LogP contribution is -2.13. The van der Waals surface area contributed by atoms with Crippen molar-refractivity contribution < 1.29 is 4.74 Å². The Bertz CT molecular complexity index is 555. The Hall–Kier alpha value is -1.39. The summed E-state index contributed by atoms with van der Waals surface area (Å²) in [5.74, 6) is 0.672. The minimum Gasteiger partial charge on any atom is -0.473 e. The summed E-state index contributed by atoms with van der Waals surface area (Å²) in [5, 5.41) is 3.30. The number of ether oxygens (including phenoxy) is 1. The molecule has 0 atom stereocenters. The third-order valence-electron chi connectivity index (χ3n) is 3.04. The number of hydrogen-bond acceptors (Lipinski definition) is 3. The molecule has 0 aliphatic heterocycles. The van der Waals surface area contributed by atoms with Gasteiger partial charge in [-0.25, -0.2) is 4.98 Å². The summed E-state index contributed by atoms with van der Waals surface area (Å²) < 4.78 is 6.80. The molecule has 2 rings (SSSR count). The summed E-state index contributed by atoms with van der Waals surface area (Å²) in [5.41, 5.74) is 3.35. The van der Waals surface area contributed by atoms with Crippen molar-refractivity contribution in [2.45, 2.75) is 27.0 Å². The van der Waals surface area contributed by atoms with Crippen molar-refractivity contribution in [1.29, 1.82) is 0 Å². The SMILES string of the molecule is CCNCc1ccc(OCc2ccc(Br)cc2)nc1C. The van der Waals surface area contributed by atoms with Crippen LogP contribution in [0.15, 0.2) is 40.9 Å². The van der Waals surface area contributed by atoms with Crippen LogP contribution >= 0.6 is 15.9 Å². The van der Waals surface area contributed by atoms with Crippen LogP contribution in [0, 0.1) is 6.92 Å². The van der Waals surface area contributed by atoms with Crippen LogP contribution < -0.4 is 10.1 Å². The summed E-state index contributed by atoms with van der Waals surface area (Å²) in [6.45, 7) is 6.45. The van der Waals surface area contributed by atoms with Crippen LogP contribution in [0.1, 0.15) is 23.7 Å². The van der Waals surface area contributed by atoms with Crippen molar-refractivity contribution in [3.05, 3.63) is 57.7 Å². The highest BCUT2D eigenvalue weighted by atomic mass is 79.9. The maximum atomic E-state index is 5.73. The molecule has 0 radical (unpaired) electrons. The Balaban J connectivity index is 1.96.